The zero-order valence-corrected chi connectivity index (χ0v) is 14.2. The molecule has 0 amide bonds. The van der Waals surface area contributed by atoms with Gasteiger partial charge in [-0.1, -0.05) is 23.7 Å². The van der Waals surface area contributed by atoms with Gasteiger partial charge in [0.05, 0.1) is 5.56 Å². The number of fused-ring (bicyclic) bond motifs is 1. The van der Waals surface area contributed by atoms with E-state index in [1.54, 1.807) is 19.1 Å². The van der Waals surface area contributed by atoms with Gasteiger partial charge in [-0.2, -0.15) is 0 Å². The monoisotopic (exact) mass is 347 g/mol. The molecular formula is C19H19ClFNO2. The van der Waals surface area contributed by atoms with Crippen LogP contribution in [0.15, 0.2) is 36.4 Å². The van der Waals surface area contributed by atoms with Crippen molar-refractivity contribution in [2.75, 3.05) is 13.1 Å². The van der Waals surface area contributed by atoms with Crippen molar-refractivity contribution in [1.29, 1.82) is 0 Å². The minimum atomic E-state index is -1.18. The zero-order valence-electron chi connectivity index (χ0n) is 13.4. The van der Waals surface area contributed by atoms with E-state index >= 15 is 0 Å². The highest BCUT2D eigenvalue weighted by molar-refractivity contribution is 6.30. The molecule has 2 aliphatic heterocycles. The predicted molar refractivity (Wildman–Crippen MR) is 91.3 cm³/mol. The molecule has 2 aliphatic rings. The Hall–Kier alpha value is -1.78. The Morgan fingerprint density at radius 2 is 1.96 bits per heavy atom. The number of halogens is 2. The van der Waals surface area contributed by atoms with Crippen LogP contribution in [0, 0.1) is 5.82 Å². The third-order valence-corrected chi connectivity index (χ3v) is 5.05. The second-order valence-electron chi connectivity index (χ2n) is 6.47. The van der Waals surface area contributed by atoms with E-state index in [0.717, 1.165) is 37.2 Å². The number of piperidine rings is 1. The summed E-state index contributed by atoms with van der Waals surface area (Å²) in [6.45, 7) is 3.74. The Balaban J connectivity index is 1.70. The zero-order chi connectivity index (χ0) is 16.7. The number of rotatable bonds is 2. The van der Waals surface area contributed by atoms with Gasteiger partial charge in [-0.05, 0) is 56.1 Å². The molecule has 1 saturated heterocycles. The van der Waals surface area contributed by atoms with Crippen molar-refractivity contribution in [3.63, 3.8) is 0 Å². The van der Waals surface area contributed by atoms with Crippen LogP contribution < -0.4 is 14.8 Å². The van der Waals surface area contributed by atoms with Gasteiger partial charge in [-0.25, -0.2) is 4.39 Å². The van der Waals surface area contributed by atoms with E-state index in [-0.39, 0.29) is 0 Å². The molecule has 5 heteroatoms. The average molecular weight is 348 g/mol. The van der Waals surface area contributed by atoms with Crippen molar-refractivity contribution in [2.45, 2.75) is 31.5 Å². The summed E-state index contributed by atoms with van der Waals surface area (Å²) in [5.41, 5.74) is 1.49. The first kappa shape index (κ1) is 15.7. The summed E-state index contributed by atoms with van der Waals surface area (Å²) in [7, 11) is 0. The van der Waals surface area contributed by atoms with Crippen LogP contribution in [0.4, 0.5) is 4.39 Å². The van der Waals surface area contributed by atoms with Crippen LogP contribution in [0.25, 0.3) is 0 Å². The molecule has 0 spiro atoms. The minimum Gasteiger partial charge on any atom is -0.444 e. The molecule has 2 aromatic rings. The largest absolute Gasteiger partial charge is 0.444 e. The van der Waals surface area contributed by atoms with Gasteiger partial charge in [0.1, 0.15) is 5.82 Å². The van der Waals surface area contributed by atoms with Gasteiger partial charge >= 0.3 is 0 Å². The number of ether oxygens (including phenoxy) is 2. The average Bonchev–Trinajstić information content (AvgIpc) is 2.92. The summed E-state index contributed by atoms with van der Waals surface area (Å²) in [6, 6.07) is 10.5. The topological polar surface area (TPSA) is 30.5 Å². The Bertz CT molecular complexity index is 776. The normalized spacial score (nSPS) is 23.5. The van der Waals surface area contributed by atoms with Crippen LogP contribution in [0.1, 0.15) is 36.8 Å². The molecule has 1 N–H and O–H groups in total. The number of nitrogens with one attached hydrogen (secondary N) is 1. The molecule has 2 aromatic carbocycles. The lowest BCUT2D eigenvalue weighted by molar-refractivity contribution is -0.0711. The van der Waals surface area contributed by atoms with Crippen LogP contribution in [0.3, 0.4) is 0 Å². The molecule has 4 rings (SSSR count). The summed E-state index contributed by atoms with van der Waals surface area (Å²) in [6.07, 6.45) is 2.12. The van der Waals surface area contributed by atoms with Crippen LogP contribution in [0.2, 0.25) is 5.02 Å². The van der Waals surface area contributed by atoms with Crippen molar-refractivity contribution in [3.05, 3.63) is 58.4 Å². The first-order valence-electron chi connectivity index (χ1n) is 8.24. The summed E-state index contributed by atoms with van der Waals surface area (Å²) in [4.78, 5) is 0. The second-order valence-corrected chi connectivity index (χ2v) is 6.91. The quantitative estimate of drug-likeness (QED) is 0.861. The van der Waals surface area contributed by atoms with Gasteiger partial charge in [0.15, 0.2) is 11.5 Å². The standard InChI is InChI=1S/C19H19ClFNO2/c1-19(15-6-5-13(20)11-16(15)21)23-17-4-2-3-14(18(17)24-19)12-7-9-22-10-8-12/h2-6,11-12,22H,7-10H2,1H3. The summed E-state index contributed by atoms with van der Waals surface area (Å²) in [5.74, 6) is 0.229. The van der Waals surface area contributed by atoms with E-state index < -0.39 is 11.6 Å². The Morgan fingerprint density at radius 3 is 2.71 bits per heavy atom. The molecule has 3 nitrogen and oxygen atoms in total. The molecule has 0 bridgehead atoms. The van der Waals surface area contributed by atoms with Crippen molar-refractivity contribution in [2.24, 2.45) is 0 Å². The number of benzene rings is 2. The maximum atomic E-state index is 14.4. The van der Waals surface area contributed by atoms with Crippen molar-refractivity contribution >= 4 is 11.6 Å². The van der Waals surface area contributed by atoms with Gasteiger partial charge in [-0.3, -0.25) is 0 Å². The van der Waals surface area contributed by atoms with E-state index in [4.69, 9.17) is 21.1 Å². The number of hydrogen-bond donors (Lipinski definition) is 1. The second kappa shape index (κ2) is 5.94. The molecular weight excluding hydrogens is 329 g/mol. The molecule has 126 valence electrons. The van der Waals surface area contributed by atoms with Gasteiger partial charge in [0.2, 0.25) is 0 Å². The SMILES string of the molecule is CC1(c2ccc(Cl)cc2F)Oc2cccc(C3CCNCC3)c2O1. The van der Waals surface area contributed by atoms with Crippen molar-refractivity contribution < 1.29 is 13.9 Å². The number of hydrogen-bond acceptors (Lipinski definition) is 3. The van der Waals surface area contributed by atoms with Gasteiger partial charge < -0.3 is 14.8 Å². The first-order chi connectivity index (χ1) is 11.6. The molecule has 0 aromatic heterocycles. The Kier molecular flexibility index (Phi) is 3.89. The van der Waals surface area contributed by atoms with E-state index in [1.165, 1.54) is 6.07 Å². The van der Waals surface area contributed by atoms with Gasteiger partial charge in [0, 0.05) is 17.5 Å². The molecule has 0 aliphatic carbocycles. The summed E-state index contributed by atoms with van der Waals surface area (Å²) < 4.78 is 26.5. The highest BCUT2D eigenvalue weighted by Crippen LogP contribution is 2.49. The molecule has 0 radical (unpaired) electrons. The van der Waals surface area contributed by atoms with Crippen molar-refractivity contribution in [1.82, 2.24) is 5.32 Å². The highest BCUT2D eigenvalue weighted by atomic mass is 35.5. The molecule has 2 heterocycles. The lowest BCUT2D eigenvalue weighted by Gasteiger charge is -2.26. The van der Waals surface area contributed by atoms with Crippen LogP contribution in [-0.2, 0) is 5.79 Å². The fourth-order valence-corrected chi connectivity index (χ4v) is 3.73. The third-order valence-electron chi connectivity index (χ3n) is 4.81. The fraction of sp³-hybridized carbons (Fsp3) is 0.368. The minimum absolute atomic E-state index is 0.347. The smallest absolute Gasteiger partial charge is 0.278 e. The Morgan fingerprint density at radius 1 is 1.17 bits per heavy atom. The van der Waals surface area contributed by atoms with Gasteiger partial charge in [-0.15, -0.1) is 0 Å². The van der Waals surface area contributed by atoms with Crippen LogP contribution >= 0.6 is 11.6 Å². The third kappa shape index (κ3) is 2.64. The molecule has 1 atom stereocenters. The molecule has 1 unspecified atom stereocenters. The lowest BCUT2D eigenvalue weighted by atomic mass is 9.89. The van der Waals surface area contributed by atoms with Crippen LogP contribution in [0.5, 0.6) is 11.5 Å². The maximum absolute atomic E-state index is 14.4. The van der Waals surface area contributed by atoms with Crippen LogP contribution in [-0.4, -0.2) is 13.1 Å². The summed E-state index contributed by atoms with van der Waals surface area (Å²) >= 11 is 5.86. The summed E-state index contributed by atoms with van der Waals surface area (Å²) in [5, 5.41) is 3.73. The van der Waals surface area contributed by atoms with Gasteiger partial charge in [0.25, 0.3) is 5.79 Å². The van der Waals surface area contributed by atoms with Crippen molar-refractivity contribution in [3.8, 4) is 11.5 Å². The van der Waals surface area contributed by atoms with E-state index in [1.807, 2.05) is 12.1 Å². The molecule has 24 heavy (non-hydrogen) atoms. The maximum Gasteiger partial charge on any atom is 0.278 e. The molecule has 1 fully saturated rings. The van der Waals surface area contributed by atoms with E-state index in [2.05, 4.69) is 11.4 Å². The highest BCUT2D eigenvalue weighted by Gasteiger charge is 2.42. The van der Waals surface area contributed by atoms with E-state index in [0.29, 0.717) is 22.3 Å². The number of para-hydroxylation sites is 1. The predicted octanol–water partition coefficient (Wildman–Crippen LogP) is 4.59. The first-order valence-corrected chi connectivity index (χ1v) is 8.62. The molecule has 0 saturated carbocycles. The Labute approximate surface area is 145 Å². The van der Waals surface area contributed by atoms with E-state index in [9.17, 15) is 4.39 Å². The lowest BCUT2D eigenvalue weighted by Crippen LogP contribution is -2.33. The fourth-order valence-electron chi connectivity index (χ4n) is 3.57.